The lowest BCUT2D eigenvalue weighted by molar-refractivity contribution is -0.149. The monoisotopic (exact) mass is 309 g/mol. The first-order valence-corrected chi connectivity index (χ1v) is 7.03. The Hall–Kier alpha value is -2.45. The molecule has 0 aliphatic carbocycles. The number of carbonyl (C=O) groups excluding carboxylic acids is 3. The molecule has 1 aliphatic heterocycles. The summed E-state index contributed by atoms with van der Waals surface area (Å²) in [5.74, 6) is -0.658. The number of piperidine rings is 1. The van der Waals surface area contributed by atoms with E-state index in [1.165, 1.54) is 24.9 Å². The molecular weight excluding hydrogens is 290 g/mol. The topological polar surface area (TPSA) is 106 Å². The lowest BCUT2D eigenvalue weighted by Crippen LogP contribution is -2.44. The second kappa shape index (κ2) is 7.01. The van der Waals surface area contributed by atoms with Gasteiger partial charge in [0.2, 0.25) is 11.8 Å². The summed E-state index contributed by atoms with van der Waals surface area (Å²) in [7, 11) is 1.35. The van der Waals surface area contributed by atoms with Gasteiger partial charge in [-0.25, -0.2) is 4.68 Å². The highest BCUT2D eigenvalue weighted by molar-refractivity contribution is 5.87. The van der Waals surface area contributed by atoms with Gasteiger partial charge < -0.3 is 15.0 Å². The van der Waals surface area contributed by atoms with Crippen molar-refractivity contribution in [3.63, 3.8) is 0 Å². The van der Waals surface area contributed by atoms with E-state index in [4.69, 9.17) is 4.74 Å². The molecule has 0 spiro atoms. The Morgan fingerprint density at radius 1 is 1.45 bits per heavy atom. The zero-order chi connectivity index (χ0) is 16.1. The van der Waals surface area contributed by atoms with Gasteiger partial charge in [0, 0.05) is 20.0 Å². The first-order chi connectivity index (χ1) is 10.5. The van der Waals surface area contributed by atoms with Crippen LogP contribution in [-0.4, -0.2) is 57.9 Å². The van der Waals surface area contributed by atoms with E-state index in [0.29, 0.717) is 18.9 Å². The number of nitrogens with one attached hydrogen (secondary N) is 1. The molecule has 1 aromatic rings. The molecule has 1 N–H and O–H groups in total. The molecule has 1 saturated heterocycles. The predicted molar refractivity (Wildman–Crippen MR) is 75.6 cm³/mol. The van der Waals surface area contributed by atoms with E-state index in [2.05, 4.69) is 15.6 Å². The first-order valence-electron chi connectivity index (χ1n) is 7.03. The van der Waals surface area contributed by atoms with E-state index >= 15 is 0 Å². The van der Waals surface area contributed by atoms with Crippen molar-refractivity contribution in [2.75, 3.05) is 25.5 Å². The van der Waals surface area contributed by atoms with Crippen molar-refractivity contribution in [1.82, 2.24) is 19.9 Å². The molecule has 22 heavy (non-hydrogen) atoms. The molecule has 1 fully saturated rings. The highest BCUT2D eigenvalue weighted by Gasteiger charge is 2.29. The molecule has 120 valence electrons. The van der Waals surface area contributed by atoms with E-state index in [1.807, 2.05) is 0 Å². The van der Waals surface area contributed by atoms with Crippen LogP contribution in [-0.2, 0) is 25.7 Å². The lowest BCUT2D eigenvalue weighted by Gasteiger charge is -2.31. The van der Waals surface area contributed by atoms with Gasteiger partial charge in [0.1, 0.15) is 6.54 Å². The number of esters is 1. The number of ether oxygens (including phenoxy) is 1. The number of rotatable bonds is 4. The molecule has 1 unspecified atom stereocenters. The van der Waals surface area contributed by atoms with E-state index < -0.39 is 0 Å². The molecule has 0 aromatic carbocycles. The minimum absolute atomic E-state index is 0.0144. The number of hydrogen-bond acceptors (Lipinski definition) is 6. The van der Waals surface area contributed by atoms with Crippen LogP contribution in [0.1, 0.15) is 19.8 Å². The van der Waals surface area contributed by atoms with Gasteiger partial charge >= 0.3 is 5.97 Å². The Labute approximate surface area is 127 Å². The molecule has 1 atom stereocenters. The van der Waals surface area contributed by atoms with Gasteiger partial charge in [-0.05, 0) is 12.8 Å². The second-order valence-corrected chi connectivity index (χ2v) is 5.18. The Morgan fingerprint density at radius 2 is 2.23 bits per heavy atom. The van der Waals surface area contributed by atoms with Crippen molar-refractivity contribution >= 4 is 23.6 Å². The highest BCUT2D eigenvalue weighted by atomic mass is 16.5. The normalized spacial score (nSPS) is 17.9. The molecular formula is C13H19N5O4. The van der Waals surface area contributed by atoms with Crippen LogP contribution in [0.4, 0.5) is 5.82 Å². The average molecular weight is 309 g/mol. The van der Waals surface area contributed by atoms with Gasteiger partial charge in [0.25, 0.3) is 0 Å². The quantitative estimate of drug-likeness (QED) is 0.762. The maximum atomic E-state index is 12.3. The van der Waals surface area contributed by atoms with Crippen LogP contribution in [0.2, 0.25) is 0 Å². The van der Waals surface area contributed by atoms with Gasteiger partial charge in [-0.2, -0.15) is 0 Å². The molecule has 2 amide bonds. The number of methoxy groups -OCH3 is 1. The molecule has 0 saturated carbocycles. The van der Waals surface area contributed by atoms with Crippen LogP contribution in [0.25, 0.3) is 0 Å². The third-order valence-electron chi connectivity index (χ3n) is 3.45. The van der Waals surface area contributed by atoms with Gasteiger partial charge in [-0.3, -0.25) is 14.4 Å². The Kier molecular flexibility index (Phi) is 5.08. The van der Waals surface area contributed by atoms with Crippen molar-refractivity contribution in [2.24, 2.45) is 5.92 Å². The minimum atomic E-state index is -0.286. The van der Waals surface area contributed by atoms with Crippen molar-refractivity contribution < 1.29 is 19.1 Å². The first kappa shape index (κ1) is 15.9. The molecule has 9 heteroatoms. The zero-order valence-corrected chi connectivity index (χ0v) is 12.6. The Balaban J connectivity index is 1.92. The maximum Gasteiger partial charge on any atom is 0.310 e. The van der Waals surface area contributed by atoms with E-state index in [-0.39, 0.29) is 30.2 Å². The van der Waals surface area contributed by atoms with Crippen LogP contribution in [0, 0.1) is 5.92 Å². The van der Waals surface area contributed by atoms with Crippen molar-refractivity contribution in [2.45, 2.75) is 26.3 Å². The average Bonchev–Trinajstić information content (AvgIpc) is 2.92. The van der Waals surface area contributed by atoms with Gasteiger partial charge in [0.05, 0.1) is 19.2 Å². The number of nitrogens with zero attached hydrogens (tertiary/aromatic N) is 4. The number of likely N-dealkylation sites (tertiary alicyclic amines) is 1. The summed E-state index contributed by atoms with van der Waals surface area (Å²) in [6.45, 7) is 2.35. The third-order valence-corrected chi connectivity index (χ3v) is 3.45. The van der Waals surface area contributed by atoms with Crippen molar-refractivity contribution in [3.8, 4) is 0 Å². The summed E-state index contributed by atoms with van der Waals surface area (Å²) >= 11 is 0. The Bertz CT molecular complexity index is 571. The number of carbonyl (C=O) groups is 3. The number of hydrogen-bond donors (Lipinski definition) is 1. The standard InChI is InChI=1S/C13H19N5O4/c1-9(19)14-11-7-18(16-15-11)8-12(20)17-5-3-4-10(6-17)13(21)22-2/h7,10H,3-6,8H2,1-2H3,(H,14,19). The van der Waals surface area contributed by atoms with Crippen LogP contribution in [0.5, 0.6) is 0 Å². The zero-order valence-electron chi connectivity index (χ0n) is 12.6. The smallest absolute Gasteiger partial charge is 0.310 e. The Morgan fingerprint density at radius 3 is 2.91 bits per heavy atom. The summed E-state index contributed by atoms with van der Waals surface area (Å²) < 4.78 is 6.09. The number of aromatic nitrogens is 3. The minimum Gasteiger partial charge on any atom is -0.469 e. The predicted octanol–water partition coefficient (Wildman–Crippen LogP) is -0.352. The maximum absolute atomic E-state index is 12.3. The fourth-order valence-electron chi connectivity index (χ4n) is 2.41. The van der Waals surface area contributed by atoms with Crippen LogP contribution in [0.15, 0.2) is 6.20 Å². The van der Waals surface area contributed by atoms with Crippen molar-refractivity contribution in [3.05, 3.63) is 6.20 Å². The summed E-state index contributed by atoms with van der Waals surface area (Å²) in [4.78, 5) is 36.4. The molecule has 2 rings (SSSR count). The summed E-state index contributed by atoms with van der Waals surface area (Å²) in [5, 5.41) is 10.0. The molecule has 1 aromatic heterocycles. The molecule has 0 radical (unpaired) electrons. The largest absolute Gasteiger partial charge is 0.469 e. The fraction of sp³-hybridized carbons (Fsp3) is 0.615. The molecule has 2 heterocycles. The van der Waals surface area contributed by atoms with Crippen LogP contribution >= 0.6 is 0 Å². The van der Waals surface area contributed by atoms with E-state index in [1.54, 1.807) is 4.90 Å². The van der Waals surface area contributed by atoms with E-state index in [0.717, 1.165) is 12.8 Å². The summed E-state index contributed by atoms with van der Waals surface area (Å²) in [6, 6.07) is 0. The van der Waals surface area contributed by atoms with Gasteiger partial charge in [-0.1, -0.05) is 5.21 Å². The lowest BCUT2D eigenvalue weighted by atomic mass is 9.98. The molecule has 1 aliphatic rings. The van der Waals surface area contributed by atoms with Crippen LogP contribution < -0.4 is 5.32 Å². The van der Waals surface area contributed by atoms with Crippen molar-refractivity contribution in [1.29, 1.82) is 0 Å². The number of amides is 2. The summed E-state index contributed by atoms with van der Waals surface area (Å²) in [5.41, 5.74) is 0. The van der Waals surface area contributed by atoms with Gasteiger partial charge in [0.15, 0.2) is 5.82 Å². The fourth-order valence-corrected chi connectivity index (χ4v) is 2.41. The highest BCUT2D eigenvalue weighted by Crippen LogP contribution is 2.18. The summed E-state index contributed by atoms with van der Waals surface area (Å²) in [6.07, 6.45) is 2.98. The van der Waals surface area contributed by atoms with Crippen LogP contribution in [0.3, 0.4) is 0 Å². The SMILES string of the molecule is COC(=O)C1CCCN(C(=O)Cn2cc(NC(C)=O)nn2)C1. The third kappa shape index (κ3) is 4.03. The molecule has 0 bridgehead atoms. The van der Waals surface area contributed by atoms with E-state index in [9.17, 15) is 14.4 Å². The molecule has 9 nitrogen and oxygen atoms in total. The second-order valence-electron chi connectivity index (χ2n) is 5.18. The number of anilines is 1. The van der Waals surface area contributed by atoms with Gasteiger partial charge in [-0.15, -0.1) is 5.10 Å².